The molecule has 0 heterocycles. The van der Waals surface area contributed by atoms with Gasteiger partial charge in [0.1, 0.15) is 0 Å². The molecule has 1 aromatic rings. The molecule has 1 atom stereocenters. The highest BCUT2D eigenvalue weighted by Gasteiger charge is 2.02. The SMILES string of the molecule is CC(CCC[NH])c1ccccc1. The third-order valence-electron chi connectivity index (χ3n) is 2.18. The van der Waals surface area contributed by atoms with Crippen LogP contribution in [0.15, 0.2) is 30.3 Å². The van der Waals surface area contributed by atoms with E-state index < -0.39 is 0 Å². The van der Waals surface area contributed by atoms with Gasteiger partial charge in [-0.2, -0.15) is 0 Å². The molecule has 0 aromatic heterocycles. The van der Waals surface area contributed by atoms with Crippen LogP contribution in [0.4, 0.5) is 0 Å². The Morgan fingerprint density at radius 3 is 2.50 bits per heavy atom. The molecular weight excluding hydrogens is 146 g/mol. The van der Waals surface area contributed by atoms with Gasteiger partial charge in [-0.1, -0.05) is 37.3 Å². The Balaban J connectivity index is 2.48. The van der Waals surface area contributed by atoms with Crippen molar-refractivity contribution >= 4 is 0 Å². The Kier molecular flexibility index (Phi) is 3.81. The van der Waals surface area contributed by atoms with Crippen LogP contribution in [-0.2, 0) is 0 Å². The molecule has 0 aliphatic carbocycles. The van der Waals surface area contributed by atoms with Crippen LogP contribution in [0.1, 0.15) is 31.2 Å². The second-order valence-electron chi connectivity index (χ2n) is 3.20. The quantitative estimate of drug-likeness (QED) is 0.650. The summed E-state index contributed by atoms with van der Waals surface area (Å²) in [5.74, 6) is 0.608. The first-order valence-corrected chi connectivity index (χ1v) is 4.54. The van der Waals surface area contributed by atoms with Gasteiger partial charge in [-0.15, -0.1) is 0 Å². The van der Waals surface area contributed by atoms with Crippen molar-refractivity contribution in [3.05, 3.63) is 35.9 Å². The summed E-state index contributed by atoms with van der Waals surface area (Å²) in [6.45, 7) is 2.78. The molecular formula is C11H16N. The third-order valence-corrected chi connectivity index (χ3v) is 2.18. The lowest BCUT2D eigenvalue weighted by molar-refractivity contribution is 0.636. The lowest BCUT2D eigenvalue weighted by Gasteiger charge is -2.09. The lowest BCUT2D eigenvalue weighted by Crippen LogP contribution is -1.95. The van der Waals surface area contributed by atoms with E-state index in [0.717, 1.165) is 12.8 Å². The van der Waals surface area contributed by atoms with Crippen molar-refractivity contribution in [2.75, 3.05) is 6.54 Å². The molecule has 0 aliphatic heterocycles. The second kappa shape index (κ2) is 4.94. The van der Waals surface area contributed by atoms with Crippen molar-refractivity contribution in [2.24, 2.45) is 0 Å². The van der Waals surface area contributed by atoms with Crippen molar-refractivity contribution in [1.29, 1.82) is 0 Å². The Hall–Kier alpha value is -0.820. The zero-order valence-electron chi connectivity index (χ0n) is 7.59. The molecule has 0 saturated heterocycles. The molecule has 1 heteroatoms. The van der Waals surface area contributed by atoms with E-state index in [1.807, 2.05) is 6.07 Å². The fraction of sp³-hybridized carbons (Fsp3) is 0.455. The maximum Gasteiger partial charge on any atom is 0.01000 e. The summed E-state index contributed by atoms with van der Waals surface area (Å²) in [5.41, 5.74) is 8.45. The van der Waals surface area contributed by atoms with Gasteiger partial charge in [-0.3, -0.25) is 5.73 Å². The van der Waals surface area contributed by atoms with Gasteiger partial charge in [0.05, 0.1) is 0 Å². The summed E-state index contributed by atoms with van der Waals surface area (Å²) < 4.78 is 0. The molecule has 0 aliphatic rings. The topological polar surface area (TPSA) is 23.8 Å². The smallest absolute Gasteiger partial charge is 0.01000 e. The van der Waals surface area contributed by atoms with Gasteiger partial charge < -0.3 is 0 Å². The van der Waals surface area contributed by atoms with E-state index in [1.165, 1.54) is 5.56 Å². The Labute approximate surface area is 74.6 Å². The largest absolute Gasteiger partial charge is 0.258 e. The number of hydrogen-bond donors (Lipinski definition) is 0. The average molecular weight is 162 g/mol. The molecule has 1 unspecified atom stereocenters. The van der Waals surface area contributed by atoms with Crippen LogP contribution in [0.3, 0.4) is 0 Å². The maximum atomic E-state index is 7.06. The van der Waals surface area contributed by atoms with E-state index in [0.29, 0.717) is 12.5 Å². The minimum atomic E-state index is 0.553. The summed E-state index contributed by atoms with van der Waals surface area (Å²) in [5, 5.41) is 0. The fourth-order valence-electron chi connectivity index (χ4n) is 1.36. The molecule has 1 rings (SSSR count). The highest BCUT2D eigenvalue weighted by molar-refractivity contribution is 5.18. The summed E-state index contributed by atoms with van der Waals surface area (Å²) in [7, 11) is 0. The summed E-state index contributed by atoms with van der Waals surface area (Å²) in [6.07, 6.45) is 2.14. The van der Waals surface area contributed by atoms with E-state index in [-0.39, 0.29) is 0 Å². The third kappa shape index (κ3) is 2.67. The lowest BCUT2D eigenvalue weighted by atomic mass is 9.96. The van der Waals surface area contributed by atoms with Crippen molar-refractivity contribution in [2.45, 2.75) is 25.7 Å². The highest BCUT2D eigenvalue weighted by atomic mass is 14.5. The number of benzene rings is 1. The normalized spacial score (nSPS) is 12.8. The minimum Gasteiger partial charge on any atom is -0.258 e. The van der Waals surface area contributed by atoms with E-state index in [9.17, 15) is 0 Å². The number of nitrogens with one attached hydrogen (secondary N) is 1. The number of hydrogen-bond acceptors (Lipinski definition) is 0. The van der Waals surface area contributed by atoms with Gasteiger partial charge in [0.2, 0.25) is 0 Å². The van der Waals surface area contributed by atoms with E-state index in [4.69, 9.17) is 5.73 Å². The van der Waals surface area contributed by atoms with Gasteiger partial charge in [0, 0.05) is 6.54 Å². The summed E-state index contributed by atoms with van der Waals surface area (Å²) >= 11 is 0. The van der Waals surface area contributed by atoms with Crippen LogP contribution in [0.5, 0.6) is 0 Å². The molecule has 12 heavy (non-hydrogen) atoms. The highest BCUT2D eigenvalue weighted by Crippen LogP contribution is 2.19. The van der Waals surface area contributed by atoms with Crippen LogP contribution in [0.25, 0.3) is 0 Å². The van der Waals surface area contributed by atoms with E-state index in [1.54, 1.807) is 0 Å². The molecule has 0 spiro atoms. The first-order valence-electron chi connectivity index (χ1n) is 4.54. The first kappa shape index (κ1) is 9.27. The Morgan fingerprint density at radius 1 is 1.25 bits per heavy atom. The summed E-state index contributed by atoms with van der Waals surface area (Å²) in [6, 6.07) is 10.5. The molecule has 1 N–H and O–H groups in total. The standard InChI is InChI=1S/C11H16N/c1-10(6-5-9-12)11-7-3-2-4-8-11/h2-4,7-8,10,12H,5-6,9H2,1H3. The zero-order valence-corrected chi connectivity index (χ0v) is 7.59. The molecule has 65 valence electrons. The maximum absolute atomic E-state index is 7.06. The molecule has 0 fully saturated rings. The molecule has 0 saturated carbocycles. The molecule has 1 radical (unpaired) electrons. The van der Waals surface area contributed by atoms with E-state index in [2.05, 4.69) is 31.2 Å². The van der Waals surface area contributed by atoms with E-state index >= 15 is 0 Å². The average Bonchev–Trinajstić information content (AvgIpc) is 2.15. The zero-order chi connectivity index (χ0) is 8.81. The van der Waals surface area contributed by atoms with Crippen molar-refractivity contribution in [3.63, 3.8) is 0 Å². The monoisotopic (exact) mass is 162 g/mol. The van der Waals surface area contributed by atoms with Crippen LogP contribution >= 0.6 is 0 Å². The Bertz CT molecular complexity index is 206. The Morgan fingerprint density at radius 2 is 1.92 bits per heavy atom. The van der Waals surface area contributed by atoms with Gasteiger partial charge in [-0.05, 0) is 24.3 Å². The predicted octanol–water partition coefficient (Wildman–Crippen LogP) is 2.85. The molecule has 0 amide bonds. The fourth-order valence-corrected chi connectivity index (χ4v) is 1.36. The van der Waals surface area contributed by atoms with Crippen LogP contribution in [0.2, 0.25) is 0 Å². The van der Waals surface area contributed by atoms with Crippen LogP contribution < -0.4 is 5.73 Å². The van der Waals surface area contributed by atoms with Gasteiger partial charge in [0.25, 0.3) is 0 Å². The van der Waals surface area contributed by atoms with Gasteiger partial charge >= 0.3 is 0 Å². The van der Waals surface area contributed by atoms with Gasteiger partial charge in [-0.25, -0.2) is 0 Å². The minimum absolute atomic E-state index is 0.553. The molecule has 0 bridgehead atoms. The van der Waals surface area contributed by atoms with Gasteiger partial charge in [0.15, 0.2) is 0 Å². The van der Waals surface area contributed by atoms with Crippen molar-refractivity contribution in [1.82, 2.24) is 5.73 Å². The van der Waals surface area contributed by atoms with Crippen LogP contribution in [0, 0.1) is 0 Å². The van der Waals surface area contributed by atoms with Crippen molar-refractivity contribution in [3.8, 4) is 0 Å². The van der Waals surface area contributed by atoms with Crippen LogP contribution in [-0.4, -0.2) is 6.54 Å². The summed E-state index contributed by atoms with van der Waals surface area (Å²) in [4.78, 5) is 0. The van der Waals surface area contributed by atoms with Crippen molar-refractivity contribution < 1.29 is 0 Å². The predicted molar refractivity (Wildman–Crippen MR) is 52.1 cm³/mol. The number of rotatable bonds is 4. The second-order valence-corrected chi connectivity index (χ2v) is 3.20. The molecule has 1 nitrogen and oxygen atoms in total. The first-order chi connectivity index (χ1) is 5.84. The molecule has 1 aromatic carbocycles.